The number of hydrogen-bond acceptors (Lipinski definition) is 4. The van der Waals surface area contributed by atoms with Crippen molar-refractivity contribution in [3.63, 3.8) is 0 Å². The summed E-state index contributed by atoms with van der Waals surface area (Å²) in [6.07, 6.45) is 0. The van der Waals surface area contributed by atoms with Gasteiger partial charge < -0.3 is 10.4 Å². The Morgan fingerprint density at radius 3 is 2.21 bits per heavy atom. The van der Waals surface area contributed by atoms with Crippen LogP contribution in [0.4, 0.5) is 5.69 Å². The van der Waals surface area contributed by atoms with Gasteiger partial charge in [-0.25, -0.2) is 13.6 Å². The van der Waals surface area contributed by atoms with Crippen molar-refractivity contribution in [1.29, 1.82) is 0 Å². The van der Waals surface area contributed by atoms with E-state index in [1.807, 2.05) is 0 Å². The van der Waals surface area contributed by atoms with Crippen molar-refractivity contribution in [2.45, 2.75) is 4.90 Å². The molecule has 0 radical (unpaired) electrons. The number of fused-ring (bicyclic) bond motifs is 1. The normalized spacial score (nSPS) is 11.4. The Bertz CT molecular complexity index is 1030. The zero-order valence-electron chi connectivity index (χ0n) is 12.4. The first-order chi connectivity index (χ1) is 11.4. The van der Waals surface area contributed by atoms with E-state index in [4.69, 9.17) is 5.14 Å². The van der Waals surface area contributed by atoms with Crippen molar-refractivity contribution < 1.29 is 18.3 Å². The van der Waals surface area contributed by atoms with Crippen LogP contribution in [0.3, 0.4) is 0 Å². The molecule has 24 heavy (non-hydrogen) atoms. The maximum atomic E-state index is 12.3. The molecule has 1 amide bonds. The molecule has 4 N–H and O–H groups in total. The Kier molecular flexibility index (Phi) is 3.96. The number of anilines is 1. The molecule has 0 aliphatic carbocycles. The maximum Gasteiger partial charge on any atom is 0.255 e. The molecule has 0 bridgehead atoms. The second-order valence-corrected chi connectivity index (χ2v) is 6.76. The van der Waals surface area contributed by atoms with Crippen molar-refractivity contribution in [1.82, 2.24) is 0 Å². The molecule has 0 aliphatic heterocycles. The monoisotopic (exact) mass is 342 g/mol. The van der Waals surface area contributed by atoms with Crippen LogP contribution < -0.4 is 10.5 Å². The minimum absolute atomic E-state index is 0.0610. The molecule has 7 heteroatoms. The first-order valence-corrected chi connectivity index (χ1v) is 8.56. The largest absolute Gasteiger partial charge is 0.507 e. The second kappa shape index (κ2) is 5.95. The topological polar surface area (TPSA) is 109 Å². The van der Waals surface area contributed by atoms with Crippen molar-refractivity contribution in [2.75, 3.05) is 5.32 Å². The Balaban J connectivity index is 1.92. The van der Waals surface area contributed by atoms with Gasteiger partial charge in [0.05, 0.1) is 4.90 Å². The molecule has 3 aromatic rings. The molecule has 0 heterocycles. The lowest BCUT2D eigenvalue weighted by Gasteiger charge is -2.10. The van der Waals surface area contributed by atoms with Gasteiger partial charge in [-0.3, -0.25) is 4.79 Å². The Morgan fingerprint density at radius 2 is 1.54 bits per heavy atom. The fourth-order valence-corrected chi connectivity index (χ4v) is 2.91. The number of benzene rings is 3. The maximum absolute atomic E-state index is 12.3. The second-order valence-electron chi connectivity index (χ2n) is 5.20. The number of sulfonamides is 1. The summed E-state index contributed by atoms with van der Waals surface area (Å²) in [5.74, 6) is -0.270. The number of phenolic OH excluding ortho intramolecular Hbond substituents is 1. The van der Waals surface area contributed by atoms with E-state index in [0.29, 0.717) is 22.0 Å². The smallest absolute Gasteiger partial charge is 0.255 e. The van der Waals surface area contributed by atoms with Gasteiger partial charge in [-0.15, -0.1) is 0 Å². The van der Waals surface area contributed by atoms with Crippen LogP contribution in [0.25, 0.3) is 10.8 Å². The molecule has 3 rings (SSSR count). The van der Waals surface area contributed by atoms with Gasteiger partial charge in [0.25, 0.3) is 5.91 Å². The highest BCUT2D eigenvalue weighted by atomic mass is 32.2. The standard InChI is InChI=1S/C17H14N2O4S/c18-24(22,23)12-9-7-11(8-10-12)17(21)19-15-5-1-4-14-13(15)3-2-6-16(14)20/h1-10,20H,(H,19,21)(H2,18,22,23). The minimum Gasteiger partial charge on any atom is -0.507 e. The molecule has 0 atom stereocenters. The predicted molar refractivity (Wildman–Crippen MR) is 91.4 cm³/mol. The highest BCUT2D eigenvalue weighted by Crippen LogP contribution is 2.30. The van der Waals surface area contributed by atoms with Crippen molar-refractivity contribution in [3.8, 4) is 5.75 Å². The molecular weight excluding hydrogens is 328 g/mol. The number of carbonyl (C=O) groups is 1. The molecule has 3 aromatic carbocycles. The average molecular weight is 342 g/mol. The quantitative estimate of drug-likeness (QED) is 0.679. The summed E-state index contributed by atoms with van der Waals surface area (Å²) in [6.45, 7) is 0. The van der Waals surface area contributed by atoms with Gasteiger partial charge in [-0.2, -0.15) is 0 Å². The van der Waals surface area contributed by atoms with Crippen LogP contribution in [0.2, 0.25) is 0 Å². The fourth-order valence-electron chi connectivity index (χ4n) is 2.39. The van der Waals surface area contributed by atoms with E-state index in [-0.39, 0.29) is 10.6 Å². The number of rotatable bonds is 3. The van der Waals surface area contributed by atoms with Gasteiger partial charge in [0, 0.05) is 22.0 Å². The summed E-state index contributed by atoms with van der Waals surface area (Å²) in [6, 6.07) is 15.6. The number of aromatic hydroxyl groups is 1. The van der Waals surface area contributed by atoms with Gasteiger partial charge in [-0.05, 0) is 36.4 Å². The first kappa shape index (κ1) is 16.0. The average Bonchev–Trinajstić information content (AvgIpc) is 2.55. The van der Waals surface area contributed by atoms with Crippen LogP contribution in [0.5, 0.6) is 5.75 Å². The Labute approximate surface area is 138 Å². The number of primary sulfonamides is 1. The molecule has 6 nitrogen and oxygen atoms in total. The number of carbonyl (C=O) groups excluding carboxylic acids is 1. The molecule has 0 unspecified atom stereocenters. The van der Waals surface area contributed by atoms with Crippen molar-refractivity contribution >= 4 is 32.4 Å². The predicted octanol–water partition coefficient (Wildman–Crippen LogP) is 2.45. The van der Waals surface area contributed by atoms with Crippen LogP contribution in [-0.2, 0) is 10.0 Å². The molecule has 0 aliphatic rings. The van der Waals surface area contributed by atoms with E-state index in [2.05, 4.69) is 5.32 Å². The lowest BCUT2D eigenvalue weighted by atomic mass is 10.1. The fraction of sp³-hybridized carbons (Fsp3) is 0. The number of amides is 1. The first-order valence-electron chi connectivity index (χ1n) is 7.01. The van der Waals surface area contributed by atoms with E-state index in [1.54, 1.807) is 36.4 Å². The summed E-state index contributed by atoms with van der Waals surface area (Å²) < 4.78 is 22.5. The summed E-state index contributed by atoms with van der Waals surface area (Å²) in [4.78, 5) is 12.3. The van der Waals surface area contributed by atoms with Gasteiger partial charge in [0.1, 0.15) is 5.75 Å². The number of nitrogens with two attached hydrogens (primary N) is 1. The molecule has 122 valence electrons. The zero-order valence-corrected chi connectivity index (χ0v) is 13.2. The van der Waals surface area contributed by atoms with E-state index < -0.39 is 15.9 Å². The van der Waals surface area contributed by atoms with Gasteiger partial charge >= 0.3 is 0 Å². The Morgan fingerprint density at radius 1 is 0.917 bits per heavy atom. The molecule has 0 saturated heterocycles. The third kappa shape index (κ3) is 3.08. The molecule has 0 spiro atoms. The minimum atomic E-state index is -3.80. The van der Waals surface area contributed by atoms with Gasteiger partial charge in [0.15, 0.2) is 0 Å². The summed E-state index contributed by atoms with van der Waals surface area (Å²) in [7, 11) is -3.80. The summed E-state index contributed by atoms with van der Waals surface area (Å²) in [5.41, 5.74) is 0.837. The lowest BCUT2D eigenvalue weighted by Crippen LogP contribution is -2.14. The number of nitrogens with one attached hydrogen (secondary N) is 1. The molecule has 0 fully saturated rings. The van der Waals surface area contributed by atoms with E-state index in [0.717, 1.165) is 0 Å². The van der Waals surface area contributed by atoms with E-state index >= 15 is 0 Å². The summed E-state index contributed by atoms with van der Waals surface area (Å²) in [5, 5.41) is 19.0. The van der Waals surface area contributed by atoms with E-state index in [9.17, 15) is 18.3 Å². The van der Waals surface area contributed by atoms with Crippen LogP contribution in [-0.4, -0.2) is 19.4 Å². The number of phenols is 1. The van der Waals surface area contributed by atoms with Crippen molar-refractivity contribution in [2.24, 2.45) is 5.14 Å². The van der Waals surface area contributed by atoms with Crippen LogP contribution in [0, 0.1) is 0 Å². The Hall–Kier alpha value is -2.90. The van der Waals surface area contributed by atoms with Crippen LogP contribution in [0.15, 0.2) is 65.6 Å². The third-order valence-corrected chi connectivity index (χ3v) is 4.52. The van der Waals surface area contributed by atoms with Crippen LogP contribution in [0.1, 0.15) is 10.4 Å². The molecule has 0 saturated carbocycles. The van der Waals surface area contributed by atoms with E-state index in [1.165, 1.54) is 24.3 Å². The SMILES string of the molecule is NS(=O)(=O)c1ccc(C(=O)Nc2cccc3c(O)cccc23)cc1. The van der Waals surface area contributed by atoms with Crippen LogP contribution >= 0.6 is 0 Å². The zero-order chi connectivity index (χ0) is 17.3. The van der Waals surface area contributed by atoms with Gasteiger partial charge in [0.2, 0.25) is 10.0 Å². The highest BCUT2D eigenvalue weighted by molar-refractivity contribution is 7.89. The van der Waals surface area contributed by atoms with Crippen molar-refractivity contribution in [3.05, 3.63) is 66.2 Å². The third-order valence-electron chi connectivity index (χ3n) is 3.59. The molecule has 0 aromatic heterocycles. The summed E-state index contributed by atoms with van der Waals surface area (Å²) >= 11 is 0. The lowest BCUT2D eigenvalue weighted by molar-refractivity contribution is 0.102. The van der Waals surface area contributed by atoms with Gasteiger partial charge in [-0.1, -0.05) is 24.3 Å². The molecular formula is C17H14N2O4S. The highest BCUT2D eigenvalue weighted by Gasteiger charge is 2.12. The number of hydrogen-bond donors (Lipinski definition) is 3.